The van der Waals surface area contributed by atoms with Crippen molar-refractivity contribution in [3.05, 3.63) is 24.2 Å². The van der Waals surface area contributed by atoms with Crippen molar-refractivity contribution in [3.63, 3.8) is 0 Å². The number of aromatic nitrogens is 3. The van der Waals surface area contributed by atoms with Crippen LogP contribution in [0.5, 0.6) is 0 Å². The summed E-state index contributed by atoms with van der Waals surface area (Å²) in [5.74, 6) is 1.28. The Bertz CT molecular complexity index is 729. The van der Waals surface area contributed by atoms with Crippen molar-refractivity contribution in [1.29, 1.82) is 5.26 Å². The van der Waals surface area contributed by atoms with E-state index in [1.807, 2.05) is 15.6 Å². The lowest BCUT2D eigenvalue weighted by Gasteiger charge is -2.22. The van der Waals surface area contributed by atoms with Crippen LogP contribution in [0.3, 0.4) is 0 Å². The van der Waals surface area contributed by atoms with Gasteiger partial charge >= 0.3 is 0 Å². The third-order valence-corrected chi connectivity index (χ3v) is 4.63. The van der Waals surface area contributed by atoms with Crippen molar-refractivity contribution >= 4 is 11.3 Å². The summed E-state index contributed by atoms with van der Waals surface area (Å²) in [7, 11) is 0. The molecule has 0 N–H and O–H groups in total. The number of hydrogen-bond donors (Lipinski definition) is 0. The third kappa shape index (κ3) is 1.96. The van der Waals surface area contributed by atoms with Crippen molar-refractivity contribution in [2.45, 2.75) is 37.3 Å². The lowest BCUT2D eigenvalue weighted by atomic mass is 9.83. The molecule has 1 saturated carbocycles. The van der Waals surface area contributed by atoms with Crippen LogP contribution in [0.4, 0.5) is 10.2 Å². The highest BCUT2D eigenvalue weighted by atomic mass is 19.1. The molecular formula is C15H16FN5. The van der Waals surface area contributed by atoms with Crippen LogP contribution in [0.25, 0.3) is 5.52 Å². The summed E-state index contributed by atoms with van der Waals surface area (Å²) in [5, 5.41) is 13.5. The van der Waals surface area contributed by atoms with Gasteiger partial charge in [0.15, 0.2) is 5.82 Å². The fourth-order valence-corrected chi connectivity index (χ4v) is 3.12. The smallest absolute Gasteiger partial charge is 0.215 e. The van der Waals surface area contributed by atoms with E-state index in [0.29, 0.717) is 12.5 Å². The van der Waals surface area contributed by atoms with Crippen LogP contribution < -0.4 is 4.90 Å². The maximum atomic E-state index is 14.1. The second-order valence-corrected chi connectivity index (χ2v) is 6.03. The van der Waals surface area contributed by atoms with Crippen LogP contribution in [0.15, 0.2) is 18.5 Å². The van der Waals surface area contributed by atoms with Gasteiger partial charge in [-0.15, -0.1) is 0 Å². The Kier molecular flexibility index (Phi) is 2.64. The average Bonchev–Trinajstić information content (AvgIpc) is 3.00. The van der Waals surface area contributed by atoms with Gasteiger partial charge in [0.2, 0.25) is 5.67 Å². The minimum absolute atomic E-state index is 0.0834. The molecule has 1 atom stereocenters. The van der Waals surface area contributed by atoms with Crippen LogP contribution in [-0.4, -0.2) is 33.4 Å². The van der Waals surface area contributed by atoms with Gasteiger partial charge in [0.1, 0.15) is 11.6 Å². The van der Waals surface area contributed by atoms with Crippen molar-refractivity contribution < 1.29 is 4.39 Å². The van der Waals surface area contributed by atoms with E-state index in [-0.39, 0.29) is 13.0 Å². The molecule has 0 bridgehead atoms. The molecule has 0 amide bonds. The summed E-state index contributed by atoms with van der Waals surface area (Å²) < 4.78 is 15.9. The largest absolute Gasteiger partial charge is 0.350 e. The molecule has 2 aromatic rings. The first-order valence-electron chi connectivity index (χ1n) is 7.38. The third-order valence-electron chi connectivity index (χ3n) is 4.63. The van der Waals surface area contributed by atoms with Crippen LogP contribution >= 0.6 is 0 Å². The second kappa shape index (κ2) is 4.42. The summed E-state index contributed by atoms with van der Waals surface area (Å²) in [4.78, 5) is 6.25. The number of hydrogen-bond acceptors (Lipinski definition) is 4. The molecule has 0 aromatic carbocycles. The Morgan fingerprint density at radius 1 is 1.43 bits per heavy atom. The highest BCUT2D eigenvalue weighted by Crippen LogP contribution is 2.37. The highest BCUT2D eigenvalue weighted by Gasteiger charge is 2.39. The fourth-order valence-electron chi connectivity index (χ4n) is 3.12. The van der Waals surface area contributed by atoms with Crippen LogP contribution in [0.1, 0.15) is 37.3 Å². The van der Waals surface area contributed by atoms with Gasteiger partial charge < -0.3 is 4.90 Å². The number of anilines is 1. The van der Waals surface area contributed by atoms with Gasteiger partial charge in [0.25, 0.3) is 0 Å². The first kappa shape index (κ1) is 12.6. The standard InChI is InChI=1S/C15H16FN5/c16-15(9-17)4-6-20(10-15)14-13-8-12(11-2-1-3-11)19-21(13)7-5-18-14/h5,7-8,11H,1-4,6,10H2. The highest BCUT2D eigenvalue weighted by molar-refractivity contribution is 5.70. The van der Waals surface area contributed by atoms with E-state index in [2.05, 4.69) is 16.1 Å². The van der Waals surface area contributed by atoms with Gasteiger partial charge in [-0.3, -0.25) is 0 Å². The maximum Gasteiger partial charge on any atom is 0.215 e. The molecule has 108 valence electrons. The molecule has 4 rings (SSSR count). The molecule has 1 unspecified atom stereocenters. The predicted molar refractivity (Wildman–Crippen MR) is 75.9 cm³/mol. The topological polar surface area (TPSA) is 57.2 Å². The zero-order valence-electron chi connectivity index (χ0n) is 11.7. The first-order valence-corrected chi connectivity index (χ1v) is 7.38. The lowest BCUT2D eigenvalue weighted by Crippen LogP contribution is -2.28. The zero-order valence-corrected chi connectivity index (χ0v) is 11.7. The predicted octanol–water partition coefficient (Wildman–Crippen LogP) is 2.44. The number of nitriles is 1. The van der Waals surface area contributed by atoms with Gasteiger partial charge in [-0.2, -0.15) is 10.4 Å². The molecule has 1 aliphatic heterocycles. The van der Waals surface area contributed by atoms with Gasteiger partial charge in [0, 0.05) is 31.3 Å². The van der Waals surface area contributed by atoms with E-state index < -0.39 is 5.67 Å². The molecule has 3 heterocycles. The van der Waals surface area contributed by atoms with Crippen molar-refractivity contribution in [2.75, 3.05) is 18.0 Å². The molecule has 21 heavy (non-hydrogen) atoms. The number of rotatable bonds is 2. The molecule has 5 nitrogen and oxygen atoms in total. The molecule has 2 aromatic heterocycles. The summed E-state index contributed by atoms with van der Waals surface area (Å²) in [5.41, 5.74) is 0.244. The van der Waals surface area contributed by atoms with Crippen LogP contribution in [0, 0.1) is 11.3 Å². The van der Waals surface area contributed by atoms with Gasteiger partial charge in [-0.25, -0.2) is 13.9 Å². The zero-order chi connectivity index (χ0) is 14.4. The molecule has 6 heteroatoms. The minimum atomic E-state index is -1.76. The SMILES string of the molecule is N#CC1(F)CCN(c2nccn3nc(C4CCC4)cc23)C1. The Balaban J connectivity index is 1.72. The summed E-state index contributed by atoms with van der Waals surface area (Å²) in [6, 6.07) is 3.84. The van der Waals surface area contributed by atoms with Gasteiger partial charge in [-0.05, 0) is 18.9 Å². The number of alkyl halides is 1. The quantitative estimate of drug-likeness (QED) is 0.850. The first-order chi connectivity index (χ1) is 10.2. The summed E-state index contributed by atoms with van der Waals surface area (Å²) in [6.45, 7) is 0.598. The van der Waals surface area contributed by atoms with Crippen molar-refractivity contribution in [1.82, 2.24) is 14.6 Å². The van der Waals surface area contributed by atoms with Crippen LogP contribution in [-0.2, 0) is 0 Å². The van der Waals surface area contributed by atoms with E-state index in [4.69, 9.17) is 5.26 Å². The summed E-state index contributed by atoms with van der Waals surface area (Å²) >= 11 is 0. The number of fused-ring (bicyclic) bond motifs is 1. The lowest BCUT2D eigenvalue weighted by molar-refractivity contribution is 0.271. The van der Waals surface area contributed by atoms with E-state index in [0.717, 1.165) is 17.0 Å². The molecule has 0 spiro atoms. The second-order valence-electron chi connectivity index (χ2n) is 6.03. The molecule has 1 aliphatic carbocycles. The van der Waals surface area contributed by atoms with Gasteiger partial charge in [0.05, 0.1) is 12.2 Å². The summed E-state index contributed by atoms with van der Waals surface area (Å²) in [6.07, 6.45) is 7.39. The average molecular weight is 285 g/mol. The minimum Gasteiger partial charge on any atom is -0.350 e. The van der Waals surface area contributed by atoms with E-state index in [1.165, 1.54) is 19.3 Å². The Labute approximate surface area is 122 Å². The molecule has 2 aliphatic rings. The molecule has 2 fully saturated rings. The van der Waals surface area contributed by atoms with Crippen molar-refractivity contribution in [3.8, 4) is 6.07 Å². The normalized spacial score (nSPS) is 26.0. The Morgan fingerprint density at radius 2 is 2.29 bits per heavy atom. The van der Waals surface area contributed by atoms with E-state index in [1.54, 1.807) is 12.3 Å². The van der Waals surface area contributed by atoms with E-state index in [9.17, 15) is 4.39 Å². The van der Waals surface area contributed by atoms with E-state index >= 15 is 0 Å². The maximum absolute atomic E-state index is 14.1. The Morgan fingerprint density at radius 3 is 2.95 bits per heavy atom. The fraction of sp³-hybridized carbons (Fsp3) is 0.533. The van der Waals surface area contributed by atoms with Gasteiger partial charge in [-0.1, -0.05) is 6.42 Å². The van der Waals surface area contributed by atoms with Crippen molar-refractivity contribution in [2.24, 2.45) is 0 Å². The molecule has 0 radical (unpaired) electrons. The van der Waals surface area contributed by atoms with Crippen LogP contribution in [0.2, 0.25) is 0 Å². The molecular weight excluding hydrogens is 269 g/mol. The number of nitrogens with zero attached hydrogens (tertiary/aromatic N) is 5. The monoisotopic (exact) mass is 285 g/mol. The Hall–Kier alpha value is -2.16. The molecule has 1 saturated heterocycles. The number of halogens is 1.